The van der Waals surface area contributed by atoms with Crippen LogP contribution in [-0.2, 0) is 24.3 Å². The van der Waals surface area contributed by atoms with Gasteiger partial charge in [-0.2, -0.15) is 4.31 Å². The van der Waals surface area contributed by atoms with Gasteiger partial charge in [-0.25, -0.2) is 13.4 Å². The number of morpholine rings is 1. The molecule has 1 aliphatic rings. The largest absolute Gasteiger partial charge is 0.468 e. The van der Waals surface area contributed by atoms with Crippen LogP contribution in [-0.4, -0.2) is 56.6 Å². The standard InChI is InChI=1S/C11H15N3O5S/c1-18-11(15)8-7-19-6-5-14(8)20(16,17)9-3-2-4-13-10(9)12/h2-4,8H,5-7H2,1H3,(H2,12,13). The Kier molecular flexibility index (Phi) is 4.21. The van der Waals surface area contributed by atoms with Gasteiger partial charge in [-0.05, 0) is 12.1 Å². The summed E-state index contributed by atoms with van der Waals surface area (Å²) in [4.78, 5) is 15.3. The molecule has 0 amide bonds. The fourth-order valence-electron chi connectivity index (χ4n) is 1.95. The summed E-state index contributed by atoms with van der Waals surface area (Å²) in [5, 5.41) is 0. The highest BCUT2D eigenvalue weighted by Gasteiger charge is 2.39. The molecule has 0 spiro atoms. The van der Waals surface area contributed by atoms with Gasteiger partial charge in [0.05, 0.1) is 20.3 Å². The predicted molar refractivity (Wildman–Crippen MR) is 69.2 cm³/mol. The molecule has 1 saturated heterocycles. The van der Waals surface area contributed by atoms with E-state index in [0.29, 0.717) is 0 Å². The van der Waals surface area contributed by atoms with Crippen molar-refractivity contribution in [2.24, 2.45) is 0 Å². The van der Waals surface area contributed by atoms with E-state index < -0.39 is 22.0 Å². The third kappa shape index (κ3) is 2.60. The van der Waals surface area contributed by atoms with E-state index in [1.807, 2.05) is 0 Å². The fourth-order valence-corrected chi connectivity index (χ4v) is 3.56. The van der Waals surface area contributed by atoms with Gasteiger partial charge >= 0.3 is 5.97 Å². The van der Waals surface area contributed by atoms with Crippen LogP contribution in [0.5, 0.6) is 0 Å². The van der Waals surface area contributed by atoms with Crippen LogP contribution >= 0.6 is 0 Å². The summed E-state index contributed by atoms with van der Waals surface area (Å²) in [6, 6.07) is 1.80. The molecule has 2 heterocycles. The molecular weight excluding hydrogens is 286 g/mol. The van der Waals surface area contributed by atoms with Crippen molar-refractivity contribution in [2.45, 2.75) is 10.9 Å². The van der Waals surface area contributed by atoms with Crippen LogP contribution in [0.3, 0.4) is 0 Å². The van der Waals surface area contributed by atoms with Crippen LogP contribution in [0.4, 0.5) is 5.82 Å². The lowest BCUT2D eigenvalue weighted by molar-refractivity contribution is -0.149. The monoisotopic (exact) mass is 301 g/mol. The number of ether oxygens (including phenoxy) is 2. The highest BCUT2D eigenvalue weighted by Crippen LogP contribution is 2.24. The number of aromatic nitrogens is 1. The van der Waals surface area contributed by atoms with E-state index in [4.69, 9.17) is 10.5 Å². The molecule has 1 fully saturated rings. The van der Waals surface area contributed by atoms with Gasteiger partial charge in [0.2, 0.25) is 10.0 Å². The van der Waals surface area contributed by atoms with E-state index in [1.54, 1.807) is 0 Å². The van der Waals surface area contributed by atoms with E-state index >= 15 is 0 Å². The average Bonchev–Trinajstić information content (AvgIpc) is 2.46. The number of hydrogen-bond donors (Lipinski definition) is 1. The number of hydrogen-bond acceptors (Lipinski definition) is 7. The zero-order valence-corrected chi connectivity index (χ0v) is 11.7. The van der Waals surface area contributed by atoms with Crippen LogP contribution in [0.25, 0.3) is 0 Å². The van der Waals surface area contributed by atoms with E-state index in [9.17, 15) is 13.2 Å². The lowest BCUT2D eigenvalue weighted by Gasteiger charge is -2.32. The number of anilines is 1. The molecule has 1 aromatic rings. The van der Waals surface area contributed by atoms with Gasteiger partial charge in [-0.1, -0.05) is 0 Å². The lowest BCUT2D eigenvalue weighted by atomic mass is 10.3. The minimum absolute atomic E-state index is 0.0495. The Morgan fingerprint density at radius 3 is 3.00 bits per heavy atom. The van der Waals surface area contributed by atoms with Crippen LogP contribution in [0.15, 0.2) is 23.2 Å². The smallest absolute Gasteiger partial charge is 0.326 e. The fraction of sp³-hybridized carbons (Fsp3) is 0.455. The van der Waals surface area contributed by atoms with Crippen LogP contribution in [0, 0.1) is 0 Å². The minimum atomic E-state index is -3.93. The van der Waals surface area contributed by atoms with Gasteiger partial charge in [-0.3, -0.25) is 4.79 Å². The van der Waals surface area contributed by atoms with Crippen molar-refractivity contribution in [3.8, 4) is 0 Å². The van der Waals surface area contributed by atoms with Crippen molar-refractivity contribution in [3.63, 3.8) is 0 Å². The molecule has 1 aliphatic heterocycles. The molecule has 0 aliphatic carbocycles. The van der Waals surface area contributed by atoms with Crippen molar-refractivity contribution in [3.05, 3.63) is 18.3 Å². The van der Waals surface area contributed by atoms with Gasteiger partial charge in [-0.15, -0.1) is 0 Å². The highest BCUT2D eigenvalue weighted by molar-refractivity contribution is 7.89. The topological polar surface area (TPSA) is 112 Å². The molecule has 0 bridgehead atoms. The maximum Gasteiger partial charge on any atom is 0.326 e. The summed E-state index contributed by atoms with van der Waals surface area (Å²) in [5.74, 6) is -0.779. The zero-order chi connectivity index (χ0) is 14.8. The predicted octanol–water partition coefficient (Wildman–Crippen LogP) is -0.774. The minimum Gasteiger partial charge on any atom is -0.468 e. The number of carbonyl (C=O) groups is 1. The first-order valence-electron chi connectivity index (χ1n) is 5.86. The molecule has 20 heavy (non-hydrogen) atoms. The first kappa shape index (κ1) is 14.7. The molecular formula is C11H15N3O5S. The normalized spacial score (nSPS) is 20.6. The van der Waals surface area contributed by atoms with E-state index in [-0.39, 0.29) is 30.5 Å². The number of sulfonamides is 1. The zero-order valence-electron chi connectivity index (χ0n) is 10.9. The molecule has 2 N–H and O–H groups in total. The Labute approximate surface area is 116 Å². The van der Waals surface area contributed by atoms with Gasteiger partial charge in [0, 0.05) is 12.7 Å². The molecule has 1 aromatic heterocycles. The molecule has 2 rings (SSSR count). The number of rotatable bonds is 3. The summed E-state index contributed by atoms with van der Waals surface area (Å²) in [7, 11) is -2.74. The van der Waals surface area contributed by atoms with Crippen LogP contribution in [0.1, 0.15) is 0 Å². The molecule has 1 unspecified atom stereocenters. The highest BCUT2D eigenvalue weighted by atomic mass is 32.2. The number of nitrogens with two attached hydrogens (primary N) is 1. The molecule has 0 aromatic carbocycles. The third-order valence-corrected chi connectivity index (χ3v) is 4.89. The Bertz CT molecular complexity index is 604. The summed E-state index contributed by atoms with van der Waals surface area (Å²) in [5.41, 5.74) is 5.60. The second-order valence-electron chi connectivity index (χ2n) is 4.12. The summed E-state index contributed by atoms with van der Waals surface area (Å²) in [6.07, 6.45) is 1.39. The van der Waals surface area contributed by atoms with E-state index in [1.165, 1.54) is 25.4 Å². The number of nitrogens with zero attached hydrogens (tertiary/aromatic N) is 2. The number of esters is 1. The number of carbonyl (C=O) groups excluding carboxylic acids is 1. The maximum absolute atomic E-state index is 12.6. The molecule has 110 valence electrons. The summed E-state index contributed by atoms with van der Waals surface area (Å²) < 4.78 is 36.0. The molecule has 8 nitrogen and oxygen atoms in total. The van der Waals surface area contributed by atoms with E-state index in [2.05, 4.69) is 9.72 Å². The SMILES string of the molecule is COC(=O)C1COCCN1S(=O)(=O)c1cccnc1N. The van der Waals surface area contributed by atoms with Crippen LogP contribution in [0.2, 0.25) is 0 Å². The van der Waals surface area contributed by atoms with Gasteiger partial charge < -0.3 is 15.2 Å². The number of pyridine rings is 1. The Morgan fingerprint density at radius 2 is 2.35 bits per heavy atom. The Morgan fingerprint density at radius 1 is 1.60 bits per heavy atom. The third-order valence-electron chi connectivity index (χ3n) is 2.94. The second kappa shape index (κ2) is 5.73. The molecule has 0 saturated carbocycles. The summed E-state index contributed by atoms with van der Waals surface area (Å²) in [6.45, 7) is 0.204. The quantitative estimate of drug-likeness (QED) is 0.729. The van der Waals surface area contributed by atoms with Gasteiger partial charge in [0.15, 0.2) is 0 Å². The summed E-state index contributed by atoms with van der Waals surface area (Å²) >= 11 is 0. The van der Waals surface area contributed by atoms with Crippen molar-refractivity contribution < 1.29 is 22.7 Å². The maximum atomic E-state index is 12.6. The second-order valence-corrected chi connectivity index (χ2v) is 5.98. The molecule has 1 atom stereocenters. The molecule has 9 heteroatoms. The van der Waals surface area contributed by atoms with Crippen molar-refractivity contribution in [2.75, 3.05) is 32.6 Å². The Balaban J connectivity index is 2.41. The van der Waals surface area contributed by atoms with Crippen molar-refractivity contribution in [1.29, 1.82) is 0 Å². The number of nitrogen functional groups attached to an aromatic ring is 1. The molecule has 0 radical (unpaired) electrons. The van der Waals surface area contributed by atoms with Crippen LogP contribution < -0.4 is 5.73 Å². The number of methoxy groups -OCH3 is 1. The van der Waals surface area contributed by atoms with Gasteiger partial charge in [0.25, 0.3) is 0 Å². The average molecular weight is 301 g/mol. The van der Waals surface area contributed by atoms with Crippen molar-refractivity contribution in [1.82, 2.24) is 9.29 Å². The first-order chi connectivity index (χ1) is 9.48. The van der Waals surface area contributed by atoms with Gasteiger partial charge in [0.1, 0.15) is 16.8 Å². The van der Waals surface area contributed by atoms with Crippen molar-refractivity contribution >= 4 is 21.8 Å². The van der Waals surface area contributed by atoms with E-state index in [0.717, 1.165) is 4.31 Å². The lowest BCUT2D eigenvalue weighted by Crippen LogP contribution is -2.52. The Hall–Kier alpha value is -1.71. The first-order valence-corrected chi connectivity index (χ1v) is 7.30.